The predicted molar refractivity (Wildman–Crippen MR) is 71.5 cm³/mol. The average molecular weight is 252 g/mol. The monoisotopic (exact) mass is 252 g/mol. The van der Waals surface area contributed by atoms with E-state index in [4.69, 9.17) is 16.8 Å². The van der Waals surface area contributed by atoms with E-state index < -0.39 is 0 Å². The smallest absolute Gasteiger partial charge is 0.151 e. The second-order valence-electron chi connectivity index (χ2n) is 3.75. The van der Waals surface area contributed by atoms with Crippen LogP contribution in [0.5, 0.6) is 0 Å². The average Bonchev–Trinajstić information content (AvgIpc) is 2.49. The van der Waals surface area contributed by atoms with Crippen molar-refractivity contribution in [1.29, 1.82) is 5.26 Å². The van der Waals surface area contributed by atoms with Crippen LogP contribution in [-0.2, 0) is 0 Å². The van der Waals surface area contributed by atoms with Crippen molar-refractivity contribution in [1.82, 2.24) is 15.4 Å². The molecule has 0 saturated heterocycles. The number of allylic oxidation sites excluding steroid dienone is 1. The lowest BCUT2D eigenvalue weighted by molar-refractivity contribution is 0.920. The van der Waals surface area contributed by atoms with Crippen LogP contribution in [-0.4, -0.2) is 9.97 Å². The molecular weight excluding hydrogens is 240 g/mol. The van der Waals surface area contributed by atoms with Crippen LogP contribution in [0.25, 0.3) is 16.8 Å². The Morgan fingerprint density at radius 3 is 2.58 bits per heavy atom. The van der Waals surface area contributed by atoms with Gasteiger partial charge in [-0.1, -0.05) is 18.2 Å². The van der Waals surface area contributed by atoms with Gasteiger partial charge in [-0.3, -0.25) is 0 Å². The molecular formula is C13H12N6. The summed E-state index contributed by atoms with van der Waals surface area (Å²) < 4.78 is 0. The quantitative estimate of drug-likeness (QED) is 0.422. The van der Waals surface area contributed by atoms with Gasteiger partial charge in [0.15, 0.2) is 5.70 Å². The molecule has 1 heterocycles. The summed E-state index contributed by atoms with van der Waals surface area (Å²) in [5.41, 5.74) is 11.1. The third kappa shape index (κ3) is 2.68. The Balaban J connectivity index is 2.47. The molecule has 94 valence electrons. The van der Waals surface area contributed by atoms with Gasteiger partial charge < -0.3 is 11.2 Å². The summed E-state index contributed by atoms with van der Waals surface area (Å²) in [6.45, 7) is 0. The number of hydrazine groups is 1. The molecule has 0 amide bonds. The summed E-state index contributed by atoms with van der Waals surface area (Å²) in [5, 5.41) is 8.89. The Hall–Kier alpha value is -2.91. The molecule has 1 aromatic heterocycles. The van der Waals surface area contributed by atoms with Crippen molar-refractivity contribution in [2.45, 2.75) is 0 Å². The summed E-state index contributed by atoms with van der Waals surface area (Å²) in [7, 11) is 0. The first-order valence-corrected chi connectivity index (χ1v) is 5.48. The minimum Gasteiger partial charge on any atom is -0.396 e. The van der Waals surface area contributed by atoms with Gasteiger partial charge in [-0.25, -0.2) is 15.8 Å². The van der Waals surface area contributed by atoms with Crippen molar-refractivity contribution in [3.05, 3.63) is 54.2 Å². The van der Waals surface area contributed by atoms with Crippen LogP contribution in [0.3, 0.4) is 0 Å². The normalized spacial score (nSPS) is 11.4. The molecule has 0 radical (unpaired) electrons. The van der Waals surface area contributed by atoms with Crippen LogP contribution in [0, 0.1) is 11.3 Å². The van der Waals surface area contributed by atoms with Crippen LogP contribution in [0.1, 0.15) is 5.56 Å². The molecule has 2 rings (SSSR count). The zero-order valence-corrected chi connectivity index (χ0v) is 10.0. The van der Waals surface area contributed by atoms with E-state index in [1.54, 1.807) is 18.5 Å². The Kier molecular flexibility index (Phi) is 3.71. The van der Waals surface area contributed by atoms with Crippen molar-refractivity contribution in [2.75, 3.05) is 0 Å². The lowest BCUT2D eigenvalue weighted by Crippen LogP contribution is -2.23. The Morgan fingerprint density at radius 1 is 1.21 bits per heavy atom. The third-order valence-corrected chi connectivity index (χ3v) is 2.59. The number of nitrogens with two attached hydrogens (primary N) is 2. The minimum absolute atomic E-state index is 0.126. The number of nitrogens with one attached hydrogen (secondary N) is 1. The first-order valence-electron chi connectivity index (χ1n) is 5.48. The van der Waals surface area contributed by atoms with E-state index in [1.165, 1.54) is 6.33 Å². The second kappa shape index (κ2) is 5.62. The number of hydrogen-bond acceptors (Lipinski definition) is 6. The maximum atomic E-state index is 8.89. The van der Waals surface area contributed by atoms with Gasteiger partial charge in [0.25, 0.3) is 0 Å². The molecule has 6 nitrogen and oxygen atoms in total. The number of aromatic nitrogens is 2. The van der Waals surface area contributed by atoms with Gasteiger partial charge in [0.1, 0.15) is 12.4 Å². The van der Waals surface area contributed by atoms with Crippen molar-refractivity contribution in [3.63, 3.8) is 0 Å². The molecule has 0 saturated carbocycles. The maximum Gasteiger partial charge on any atom is 0.151 e. The SMILES string of the molecule is N#C/C(NN)=C(/N)c1cccc(-c2cncnc2)c1. The predicted octanol–water partition coefficient (Wildman–Crippen LogP) is 0.758. The summed E-state index contributed by atoms with van der Waals surface area (Å²) in [6.07, 6.45) is 4.88. The first-order chi connectivity index (χ1) is 9.26. The van der Waals surface area contributed by atoms with E-state index in [0.717, 1.165) is 11.1 Å². The van der Waals surface area contributed by atoms with Crippen LogP contribution in [0.15, 0.2) is 48.7 Å². The molecule has 0 unspecified atom stereocenters. The fourth-order valence-corrected chi connectivity index (χ4v) is 1.63. The molecule has 2 aromatic rings. The van der Waals surface area contributed by atoms with Gasteiger partial charge in [-0.05, 0) is 11.6 Å². The highest BCUT2D eigenvalue weighted by molar-refractivity contribution is 5.73. The molecule has 0 fully saturated rings. The Labute approximate surface area is 110 Å². The van der Waals surface area contributed by atoms with E-state index in [1.807, 2.05) is 24.3 Å². The molecule has 6 heteroatoms. The molecule has 0 aliphatic heterocycles. The van der Waals surface area contributed by atoms with Crippen molar-refractivity contribution in [2.24, 2.45) is 11.6 Å². The Morgan fingerprint density at radius 2 is 1.95 bits per heavy atom. The molecule has 0 aliphatic carbocycles. The van der Waals surface area contributed by atoms with E-state index in [-0.39, 0.29) is 5.70 Å². The highest BCUT2D eigenvalue weighted by Gasteiger charge is 2.06. The zero-order valence-electron chi connectivity index (χ0n) is 10.0. The fourth-order valence-electron chi connectivity index (χ4n) is 1.63. The number of nitrogens with zero attached hydrogens (tertiary/aromatic N) is 3. The molecule has 19 heavy (non-hydrogen) atoms. The highest BCUT2D eigenvalue weighted by atomic mass is 15.2. The standard InChI is InChI=1S/C13H12N6/c14-5-12(19-16)13(15)10-3-1-2-9(4-10)11-6-17-8-18-7-11/h1-4,6-8,19H,15-16H2/b13-12-. The van der Waals surface area contributed by atoms with Gasteiger partial charge in [-0.2, -0.15) is 5.26 Å². The first kappa shape index (κ1) is 12.5. The van der Waals surface area contributed by atoms with E-state index in [2.05, 4.69) is 15.4 Å². The lowest BCUT2D eigenvalue weighted by Gasteiger charge is -2.07. The van der Waals surface area contributed by atoms with Crippen LogP contribution in [0.2, 0.25) is 0 Å². The maximum absolute atomic E-state index is 8.89. The van der Waals surface area contributed by atoms with E-state index in [0.29, 0.717) is 11.3 Å². The van der Waals surface area contributed by atoms with Gasteiger partial charge in [-0.15, -0.1) is 0 Å². The Bertz CT molecular complexity index is 642. The fraction of sp³-hybridized carbons (Fsp3) is 0. The van der Waals surface area contributed by atoms with Crippen LogP contribution in [0.4, 0.5) is 0 Å². The summed E-state index contributed by atoms with van der Waals surface area (Å²) in [4.78, 5) is 7.93. The third-order valence-electron chi connectivity index (χ3n) is 2.59. The second-order valence-corrected chi connectivity index (χ2v) is 3.75. The van der Waals surface area contributed by atoms with Crippen LogP contribution < -0.4 is 17.0 Å². The van der Waals surface area contributed by atoms with Gasteiger partial charge in [0.2, 0.25) is 0 Å². The summed E-state index contributed by atoms with van der Waals surface area (Å²) in [5.74, 6) is 5.24. The van der Waals surface area contributed by atoms with Crippen molar-refractivity contribution >= 4 is 5.70 Å². The van der Waals surface area contributed by atoms with Crippen LogP contribution >= 0.6 is 0 Å². The van der Waals surface area contributed by atoms with E-state index >= 15 is 0 Å². The number of rotatable bonds is 3. The highest BCUT2D eigenvalue weighted by Crippen LogP contribution is 2.21. The van der Waals surface area contributed by atoms with Gasteiger partial charge in [0, 0.05) is 23.5 Å². The van der Waals surface area contributed by atoms with E-state index in [9.17, 15) is 0 Å². The molecule has 0 spiro atoms. The van der Waals surface area contributed by atoms with Gasteiger partial charge >= 0.3 is 0 Å². The number of nitriles is 1. The lowest BCUT2D eigenvalue weighted by atomic mass is 10.0. The number of benzene rings is 1. The topological polar surface area (TPSA) is 114 Å². The molecule has 0 atom stereocenters. The van der Waals surface area contributed by atoms with Gasteiger partial charge in [0.05, 0.1) is 5.70 Å². The van der Waals surface area contributed by atoms with Crippen molar-refractivity contribution in [3.8, 4) is 17.2 Å². The largest absolute Gasteiger partial charge is 0.396 e. The number of hydrogen-bond donors (Lipinski definition) is 3. The molecule has 0 aliphatic rings. The molecule has 0 bridgehead atoms. The zero-order chi connectivity index (χ0) is 13.7. The van der Waals surface area contributed by atoms with Crippen molar-refractivity contribution < 1.29 is 0 Å². The molecule has 1 aromatic carbocycles. The minimum atomic E-state index is 0.126. The summed E-state index contributed by atoms with van der Waals surface area (Å²) in [6, 6.07) is 9.31. The molecule has 5 N–H and O–H groups in total. The summed E-state index contributed by atoms with van der Waals surface area (Å²) >= 11 is 0.